The Bertz CT molecular complexity index is 2190. The van der Waals surface area contributed by atoms with Gasteiger partial charge in [0.1, 0.15) is 0 Å². The standard InChI is InChI=1S/C44H67N13O11/c1-43(2,12-11-34(59)46-14-15-47-35(60)26-55-17-19-56(27-36(61)62)21-22-57(20-18-55)28-37(63)64)68-29-44(3,4)67-23-16-48-33(58)6-5-13-49-40(65)30-7-9-31(10-8-30)50-24-32-25-51-39-38(52-32)41(66)54-42(45)53-39/h7-10,25,50H,5-6,11-24,26-29H2,1-4H3,(H,46,59)(H,47,60)(H,48,58)(H,49,65)(H,61,62)(H,63,64)(H3,45,51,53,54,66). The molecule has 0 radical (unpaired) electrons. The number of nitrogens with one attached hydrogen (secondary N) is 6. The molecule has 0 spiro atoms. The Morgan fingerprint density at radius 2 is 1.29 bits per heavy atom. The predicted octanol–water partition coefficient (Wildman–Crippen LogP) is -0.775. The second-order valence-corrected chi connectivity index (χ2v) is 17.6. The van der Waals surface area contributed by atoms with Crippen LogP contribution < -0.4 is 37.9 Å². The number of anilines is 2. The van der Waals surface area contributed by atoms with Crippen LogP contribution in [0.4, 0.5) is 11.6 Å². The molecule has 0 saturated carbocycles. The maximum Gasteiger partial charge on any atom is 0.317 e. The maximum absolute atomic E-state index is 12.7. The Hall–Kier alpha value is -6.34. The van der Waals surface area contributed by atoms with Gasteiger partial charge in [-0.3, -0.25) is 53.2 Å². The first kappa shape index (κ1) is 54.3. The molecule has 4 rings (SSSR count). The number of amides is 4. The van der Waals surface area contributed by atoms with Gasteiger partial charge in [0, 0.05) is 89.5 Å². The summed E-state index contributed by atoms with van der Waals surface area (Å²) in [4.78, 5) is 105. The molecule has 1 aliphatic rings. The van der Waals surface area contributed by atoms with Crippen LogP contribution in [-0.4, -0.2) is 190 Å². The van der Waals surface area contributed by atoms with Crippen molar-refractivity contribution in [2.45, 2.75) is 71.1 Å². The van der Waals surface area contributed by atoms with Crippen molar-refractivity contribution in [2.24, 2.45) is 0 Å². The number of ether oxygens (including phenoxy) is 2. The van der Waals surface area contributed by atoms with Gasteiger partial charge in [0.05, 0.1) is 62.5 Å². The summed E-state index contributed by atoms with van der Waals surface area (Å²) in [6.07, 6.45) is 2.78. The van der Waals surface area contributed by atoms with Crippen molar-refractivity contribution >= 4 is 58.4 Å². The summed E-state index contributed by atoms with van der Waals surface area (Å²) in [6, 6.07) is 6.83. The highest BCUT2D eigenvalue weighted by atomic mass is 16.6. The average molecular weight is 954 g/mol. The number of carboxylic acid groups (broad SMARTS) is 2. The lowest BCUT2D eigenvalue weighted by Gasteiger charge is -2.32. The van der Waals surface area contributed by atoms with Gasteiger partial charge in [0.25, 0.3) is 11.5 Å². The number of hydrogen-bond donors (Lipinski definition) is 9. The quantitative estimate of drug-likeness (QED) is 0.0424. The Labute approximate surface area is 394 Å². The normalized spacial score (nSPS) is 14.3. The minimum Gasteiger partial charge on any atom is -0.480 e. The van der Waals surface area contributed by atoms with E-state index in [9.17, 15) is 43.8 Å². The summed E-state index contributed by atoms with van der Waals surface area (Å²) in [6.45, 7) is 11.6. The Morgan fingerprint density at radius 1 is 0.721 bits per heavy atom. The number of carboxylic acids is 2. The molecule has 0 bridgehead atoms. The molecule has 24 heteroatoms. The second-order valence-electron chi connectivity index (χ2n) is 17.6. The third kappa shape index (κ3) is 20.7. The van der Waals surface area contributed by atoms with Crippen LogP contribution >= 0.6 is 0 Å². The van der Waals surface area contributed by atoms with E-state index in [1.165, 1.54) is 6.20 Å². The number of H-pyrrole nitrogens is 1. The molecule has 3 heterocycles. The van der Waals surface area contributed by atoms with E-state index in [-0.39, 0.29) is 113 Å². The second kappa shape index (κ2) is 26.9. The molecule has 374 valence electrons. The molecule has 1 fully saturated rings. The van der Waals surface area contributed by atoms with E-state index in [2.05, 4.69) is 46.5 Å². The number of aromatic nitrogens is 4. The molecule has 4 amide bonds. The Kier molecular flexibility index (Phi) is 21.4. The smallest absolute Gasteiger partial charge is 0.317 e. The Balaban J connectivity index is 1.02. The van der Waals surface area contributed by atoms with Crippen LogP contribution in [0.3, 0.4) is 0 Å². The van der Waals surface area contributed by atoms with E-state index in [4.69, 9.17) is 15.2 Å². The largest absolute Gasteiger partial charge is 0.480 e. The number of benzene rings is 1. The number of hydrogen-bond acceptors (Lipinski definition) is 17. The minimum atomic E-state index is -0.977. The number of carbonyl (C=O) groups excluding carboxylic acids is 4. The van der Waals surface area contributed by atoms with E-state index in [1.54, 1.807) is 34.1 Å². The van der Waals surface area contributed by atoms with Crippen LogP contribution in [0.1, 0.15) is 69.4 Å². The van der Waals surface area contributed by atoms with E-state index < -0.39 is 28.7 Å². The number of carbonyl (C=O) groups is 6. The summed E-state index contributed by atoms with van der Waals surface area (Å²) in [5.74, 6) is -2.90. The van der Waals surface area contributed by atoms with Crippen molar-refractivity contribution in [3.63, 3.8) is 0 Å². The minimum absolute atomic E-state index is 0.0382. The van der Waals surface area contributed by atoms with Gasteiger partial charge in [0.2, 0.25) is 23.7 Å². The maximum atomic E-state index is 12.7. The molecule has 0 unspecified atom stereocenters. The molecule has 68 heavy (non-hydrogen) atoms. The van der Waals surface area contributed by atoms with Gasteiger partial charge in [-0.25, -0.2) is 9.97 Å². The molecule has 0 atom stereocenters. The van der Waals surface area contributed by atoms with Crippen molar-refractivity contribution < 1.29 is 48.5 Å². The van der Waals surface area contributed by atoms with E-state index in [0.29, 0.717) is 69.9 Å². The van der Waals surface area contributed by atoms with E-state index >= 15 is 0 Å². The lowest BCUT2D eigenvalue weighted by molar-refractivity contribution is -0.140. The van der Waals surface area contributed by atoms with Crippen molar-refractivity contribution in [1.29, 1.82) is 0 Å². The van der Waals surface area contributed by atoms with Crippen LogP contribution in [-0.2, 0) is 40.0 Å². The monoisotopic (exact) mass is 954 g/mol. The summed E-state index contributed by atoms with van der Waals surface area (Å²) < 4.78 is 12.1. The van der Waals surface area contributed by atoms with Gasteiger partial charge in [-0.05, 0) is 64.8 Å². The van der Waals surface area contributed by atoms with Crippen LogP contribution in [0, 0.1) is 0 Å². The SMILES string of the molecule is CC(C)(CCC(=O)NCCNC(=O)CN1CCN(CC(=O)O)CCN(CC(=O)O)CC1)OCC(C)(C)OCCNC(=O)CCCNC(=O)c1ccc(NCc2cnc3nc(N)[nH]c(=O)c3n2)cc1. The van der Waals surface area contributed by atoms with Crippen molar-refractivity contribution in [2.75, 3.05) is 109 Å². The molecular formula is C44H67N13O11. The lowest BCUT2D eigenvalue weighted by atomic mass is 10.0. The van der Waals surface area contributed by atoms with E-state index in [1.807, 2.05) is 32.6 Å². The number of aliphatic carboxylic acids is 2. The van der Waals surface area contributed by atoms with Crippen LogP contribution in [0.2, 0.25) is 0 Å². The van der Waals surface area contributed by atoms with Crippen LogP contribution in [0.25, 0.3) is 11.2 Å². The predicted molar refractivity (Wildman–Crippen MR) is 251 cm³/mol. The van der Waals surface area contributed by atoms with Gasteiger partial charge in [-0.1, -0.05) is 0 Å². The first-order valence-corrected chi connectivity index (χ1v) is 22.6. The molecular weight excluding hydrogens is 887 g/mol. The van der Waals surface area contributed by atoms with Crippen molar-refractivity contribution in [3.8, 4) is 0 Å². The Morgan fingerprint density at radius 3 is 1.91 bits per heavy atom. The number of nitrogens with zero attached hydrogens (tertiary/aromatic N) is 6. The zero-order valence-electron chi connectivity index (χ0n) is 39.4. The summed E-state index contributed by atoms with van der Waals surface area (Å²) in [5.41, 5.74) is 5.69. The molecule has 3 aromatic rings. The van der Waals surface area contributed by atoms with Crippen LogP contribution in [0.5, 0.6) is 0 Å². The third-order valence-electron chi connectivity index (χ3n) is 10.7. The van der Waals surface area contributed by atoms with Gasteiger partial charge < -0.3 is 52.0 Å². The highest BCUT2D eigenvalue weighted by molar-refractivity contribution is 5.94. The van der Waals surface area contributed by atoms with Crippen molar-refractivity contribution in [1.82, 2.24) is 55.9 Å². The summed E-state index contributed by atoms with van der Waals surface area (Å²) >= 11 is 0. The topological polar surface area (TPSA) is 329 Å². The first-order valence-electron chi connectivity index (χ1n) is 22.6. The zero-order valence-corrected chi connectivity index (χ0v) is 39.4. The van der Waals surface area contributed by atoms with Gasteiger partial charge in [0.15, 0.2) is 11.2 Å². The molecule has 10 N–H and O–H groups in total. The third-order valence-corrected chi connectivity index (χ3v) is 10.7. The first-order chi connectivity index (χ1) is 32.3. The number of aromatic amines is 1. The fourth-order valence-electron chi connectivity index (χ4n) is 6.84. The number of nitrogens with two attached hydrogens (primary N) is 1. The fraction of sp³-hybridized carbons (Fsp3) is 0.591. The lowest BCUT2D eigenvalue weighted by Crippen LogP contribution is -2.44. The zero-order chi connectivity index (χ0) is 49.7. The molecule has 1 saturated heterocycles. The van der Waals surface area contributed by atoms with Crippen molar-refractivity contribution in [3.05, 3.63) is 52.1 Å². The van der Waals surface area contributed by atoms with Gasteiger partial charge in [-0.15, -0.1) is 0 Å². The van der Waals surface area contributed by atoms with Crippen LogP contribution in [0.15, 0.2) is 35.3 Å². The summed E-state index contributed by atoms with van der Waals surface area (Å²) in [5, 5.41) is 32.9. The highest BCUT2D eigenvalue weighted by Gasteiger charge is 2.27. The van der Waals surface area contributed by atoms with Gasteiger partial charge in [-0.2, -0.15) is 4.98 Å². The molecule has 1 aliphatic heterocycles. The molecule has 24 nitrogen and oxygen atoms in total. The molecule has 1 aromatic carbocycles. The highest BCUT2D eigenvalue weighted by Crippen LogP contribution is 2.21. The molecule has 2 aromatic heterocycles. The number of fused-ring (bicyclic) bond motifs is 1. The number of nitrogen functional groups attached to an aromatic ring is 1. The van der Waals surface area contributed by atoms with E-state index in [0.717, 1.165) is 5.69 Å². The fourth-order valence-corrected chi connectivity index (χ4v) is 6.84. The number of rotatable bonds is 27. The van der Waals surface area contributed by atoms with Gasteiger partial charge >= 0.3 is 11.9 Å². The summed E-state index contributed by atoms with van der Waals surface area (Å²) in [7, 11) is 0. The molecule has 0 aliphatic carbocycles. The average Bonchev–Trinajstić information content (AvgIpc) is 3.36.